The monoisotopic (exact) mass is 190 g/mol. The summed E-state index contributed by atoms with van der Waals surface area (Å²) in [5.41, 5.74) is 1.37. The van der Waals surface area contributed by atoms with Crippen LogP contribution in [-0.2, 0) is 21.7 Å². The van der Waals surface area contributed by atoms with Crippen LogP contribution in [0.25, 0.3) is 0 Å². The second kappa shape index (κ2) is 4.44. The third-order valence-electron chi connectivity index (χ3n) is 1.93. The Morgan fingerprint density at radius 2 is 1.42 bits per heavy atom. The maximum Gasteiger partial charge on any atom is 0.0204 e. The smallest absolute Gasteiger partial charge is 0.0204 e. The van der Waals surface area contributed by atoms with Crippen molar-refractivity contribution in [2.75, 3.05) is 0 Å². The van der Waals surface area contributed by atoms with E-state index < -0.39 is 0 Å². The van der Waals surface area contributed by atoms with Crippen molar-refractivity contribution in [1.82, 2.24) is 0 Å². The van der Waals surface area contributed by atoms with Crippen molar-refractivity contribution in [1.29, 1.82) is 0 Å². The van der Waals surface area contributed by atoms with E-state index in [1.54, 1.807) is 0 Å². The minimum atomic E-state index is 0. The first-order chi connectivity index (χ1) is 5.47. The molecule has 0 amide bonds. The van der Waals surface area contributed by atoms with E-state index in [4.69, 9.17) is 0 Å². The predicted octanol–water partition coefficient (Wildman–Crippen LogP) is 2.89. The van der Waals surface area contributed by atoms with Gasteiger partial charge in [-0.3, -0.25) is 0 Å². The molecule has 1 aromatic rings. The average Bonchev–Trinajstić information content (AvgIpc) is 2.58. The zero-order valence-electron chi connectivity index (χ0n) is 6.77. The van der Waals surface area contributed by atoms with Crippen LogP contribution < -0.4 is 0 Å². The molecule has 12 heavy (non-hydrogen) atoms. The van der Waals surface area contributed by atoms with Gasteiger partial charge in [0.25, 0.3) is 0 Å². The molecule has 0 saturated carbocycles. The van der Waals surface area contributed by atoms with Crippen molar-refractivity contribution in [3.8, 4) is 0 Å². The molecular formula is C11H10Ti. The zero-order chi connectivity index (χ0) is 7.52. The fraction of sp³-hybridized carbons (Fsp3) is 0.0909. The van der Waals surface area contributed by atoms with Crippen molar-refractivity contribution in [2.45, 2.75) is 5.92 Å². The average molecular weight is 190 g/mol. The Morgan fingerprint density at radius 1 is 0.833 bits per heavy atom. The molecule has 0 N–H and O–H groups in total. The first-order valence-electron chi connectivity index (χ1n) is 3.87. The molecule has 0 nitrogen and oxygen atoms in total. The molecule has 0 aliphatic heterocycles. The Bertz CT molecular complexity index is 273. The summed E-state index contributed by atoms with van der Waals surface area (Å²) in [6.45, 7) is 0. The van der Waals surface area contributed by atoms with Gasteiger partial charge in [0.15, 0.2) is 0 Å². The van der Waals surface area contributed by atoms with E-state index in [-0.39, 0.29) is 21.7 Å². The normalized spacial score (nSPS) is 14.7. The van der Waals surface area contributed by atoms with Crippen LogP contribution >= 0.6 is 0 Å². The van der Waals surface area contributed by atoms with E-state index in [0.29, 0.717) is 5.92 Å². The van der Waals surface area contributed by atoms with Gasteiger partial charge in [0.1, 0.15) is 0 Å². The molecule has 0 saturated heterocycles. The van der Waals surface area contributed by atoms with E-state index >= 15 is 0 Å². The van der Waals surface area contributed by atoms with Crippen molar-refractivity contribution in [3.63, 3.8) is 0 Å². The standard InChI is InChI=1S/C11H10.Ti/c1-2-6-10(7-3-1)11-8-4-5-9-11;/h1-9,11H;. The molecule has 0 atom stereocenters. The largest absolute Gasteiger partial charge is 0.0732 e. The summed E-state index contributed by atoms with van der Waals surface area (Å²) >= 11 is 0. The number of benzene rings is 1. The third kappa shape index (κ3) is 1.97. The molecule has 1 aromatic carbocycles. The van der Waals surface area contributed by atoms with Gasteiger partial charge in [-0.25, -0.2) is 0 Å². The Hall–Kier alpha value is -0.586. The van der Waals surface area contributed by atoms with Crippen LogP contribution in [-0.4, -0.2) is 0 Å². The SMILES string of the molecule is C1=CC(c2ccccc2)C=C1.[Ti]. The van der Waals surface area contributed by atoms with E-state index in [1.165, 1.54) is 5.56 Å². The fourth-order valence-electron chi connectivity index (χ4n) is 1.33. The van der Waals surface area contributed by atoms with E-state index in [9.17, 15) is 0 Å². The second-order valence-electron chi connectivity index (χ2n) is 2.71. The van der Waals surface area contributed by atoms with Crippen molar-refractivity contribution < 1.29 is 21.7 Å². The first-order valence-corrected chi connectivity index (χ1v) is 3.87. The molecular weight excluding hydrogens is 180 g/mol. The summed E-state index contributed by atoms with van der Waals surface area (Å²) in [6.07, 6.45) is 8.60. The molecule has 0 spiro atoms. The number of allylic oxidation sites excluding steroid dienone is 4. The van der Waals surface area contributed by atoms with Gasteiger partial charge in [0, 0.05) is 27.6 Å². The summed E-state index contributed by atoms with van der Waals surface area (Å²) in [6, 6.07) is 10.5. The van der Waals surface area contributed by atoms with Crippen LogP contribution in [0.1, 0.15) is 11.5 Å². The maximum absolute atomic E-state index is 2.20. The quantitative estimate of drug-likeness (QED) is 0.597. The summed E-state index contributed by atoms with van der Waals surface area (Å²) in [5.74, 6) is 0.510. The molecule has 58 valence electrons. The third-order valence-corrected chi connectivity index (χ3v) is 1.93. The molecule has 0 bridgehead atoms. The van der Waals surface area contributed by atoms with Gasteiger partial charge in [-0.15, -0.1) is 0 Å². The van der Waals surface area contributed by atoms with Crippen molar-refractivity contribution in [3.05, 3.63) is 60.2 Å². The zero-order valence-corrected chi connectivity index (χ0v) is 8.34. The van der Waals surface area contributed by atoms with Gasteiger partial charge in [-0.1, -0.05) is 54.6 Å². The minimum absolute atomic E-state index is 0. The summed E-state index contributed by atoms with van der Waals surface area (Å²) in [7, 11) is 0. The molecule has 0 aromatic heterocycles. The maximum atomic E-state index is 2.20. The number of hydrogen-bond acceptors (Lipinski definition) is 0. The van der Waals surface area contributed by atoms with Crippen molar-refractivity contribution >= 4 is 0 Å². The predicted molar refractivity (Wildman–Crippen MR) is 47.5 cm³/mol. The van der Waals surface area contributed by atoms with Gasteiger partial charge < -0.3 is 0 Å². The number of rotatable bonds is 1. The summed E-state index contributed by atoms with van der Waals surface area (Å²) in [4.78, 5) is 0. The second-order valence-corrected chi connectivity index (χ2v) is 2.71. The Balaban J connectivity index is 0.000000720. The molecule has 0 unspecified atom stereocenters. The van der Waals surface area contributed by atoms with Crippen LogP contribution in [0.15, 0.2) is 54.6 Å². The van der Waals surface area contributed by atoms with Gasteiger partial charge in [0.05, 0.1) is 0 Å². The van der Waals surface area contributed by atoms with Gasteiger partial charge >= 0.3 is 0 Å². The van der Waals surface area contributed by atoms with E-state index in [0.717, 1.165) is 0 Å². The molecule has 2 rings (SSSR count). The summed E-state index contributed by atoms with van der Waals surface area (Å²) in [5, 5.41) is 0. The Labute approximate surface area is 87.9 Å². The minimum Gasteiger partial charge on any atom is -0.0732 e. The topological polar surface area (TPSA) is 0 Å². The van der Waals surface area contributed by atoms with Gasteiger partial charge in [-0.05, 0) is 5.56 Å². The van der Waals surface area contributed by atoms with Crippen LogP contribution in [0, 0.1) is 0 Å². The van der Waals surface area contributed by atoms with Crippen LogP contribution in [0.2, 0.25) is 0 Å². The van der Waals surface area contributed by atoms with Crippen LogP contribution in [0.5, 0.6) is 0 Å². The van der Waals surface area contributed by atoms with Gasteiger partial charge in [0.2, 0.25) is 0 Å². The summed E-state index contributed by atoms with van der Waals surface area (Å²) < 4.78 is 0. The van der Waals surface area contributed by atoms with E-state index in [2.05, 4.69) is 48.6 Å². The molecule has 0 heterocycles. The van der Waals surface area contributed by atoms with Crippen LogP contribution in [0.3, 0.4) is 0 Å². The molecule has 1 aliphatic carbocycles. The van der Waals surface area contributed by atoms with Crippen molar-refractivity contribution in [2.24, 2.45) is 0 Å². The molecule has 1 heteroatoms. The fourth-order valence-corrected chi connectivity index (χ4v) is 1.33. The molecule has 0 fully saturated rings. The Morgan fingerprint density at radius 3 is 2.00 bits per heavy atom. The number of hydrogen-bond donors (Lipinski definition) is 0. The van der Waals surface area contributed by atoms with Crippen LogP contribution in [0.4, 0.5) is 0 Å². The van der Waals surface area contributed by atoms with E-state index in [1.807, 2.05) is 6.07 Å². The Kier molecular flexibility index (Phi) is 3.52. The van der Waals surface area contributed by atoms with Gasteiger partial charge in [-0.2, -0.15) is 0 Å². The first kappa shape index (κ1) is 9.50. The molecule has 1 aliphatic rings. The molecule has 0 radical (unpaired) electrons.